The molecule has 0 radical (unpaired) electrons. The minimum absolute atomic E-state index is 0.300. The smallest absolute Gasteiger partial charge is 0.137 e. The third-order valence-corrected chi connectivity index (χ3v) is 5.56. The van der Waals surface area contributed by atoms with E-state index in [0.717, 1.165) is 36.8 Å². The number of hydrogen-bond acceptors (Lipinski definition) is 2. The van der Waals surface area contributed by atoms with Crippen molar-refractivity contribution in [2.24, 2.45) is 5.92 Å². The van der Waals surface area contributed by atoms with Gasteiger partial charge in [-0.3, -0.25) is 9.69 Å². The summed E-state index contributed by atoms with van der Waals surface area (Å²) < 4.78 is 1.13. The minimum Gasteiger partial charge on any atom is -0.299 e. The van der Waals surface area contributed by atoms with E-state index in [2.05, 4.69) is 45.1 Å². The van der Waals surface area contributed by atoms with Crippen molar-refractivity contribution in [3.63, 3.8) is 0 Å². The molecule has 0 N–H and O–H groups in total. The van der Waals surface area contributed by atoms with Gasteiger partial charge in [0.2, 0.25) is 0 Å². The highest BCUT2D eigenvalue weighted by Gasteiger charge is 2.35. The van der Waals surface area contributed by atoms with Crippen molar-refractivity contribution in [3.8, 4) is 0 Å². The number of benzene rings is 1. The van der Waals surface area contributed by atoms with E-state index in [4.69, 9.17) is 0 Å². The summed E-state index contributed by atoms with van der Waals surface area (Å²) in [6.45, 7) is 2.13. The Kier molecular flexibility index (Phi) is 5.12. The van der Waals surface area contributed by atoms with E-state index in [1.54, 1.807) is 0 Å². The quantitative estimate of drug-likeness (QED) is 0.796. The summed E-state index contributed by atoms with van der Waals surface area (Å²) in [4.78, 5) is 14.9. The Labute approximate surface area is 136 Å². The predicted octanol–water partition coefficient (Wildman–Crippen LogP) is 4.56. The molecule has 2 unspecified atom stereocenters. The Balaban J connectivity index is 1.71. The predicted molar refractivity (Wildman–Crippen MR) is 89.2 cm³/mol. The fraction of sp³-hybridized carbons (Fsp3) is 0.611. The zero-order valence-corrected chi connectivity index (χ0v) is 14.1. The Bertz CT molecular complexity index is 484. The maximum absolute atomic E-state index is 12.3. The first-order chi connectivity index (χ1) is 10.2. The summed E-state index contributed by atoms with van der Waals surface area (Å²) >= 11 is 3.49. The van der Waals surface area contributed by atoms with Crippen molar-refractivity contribution in [1.82, 2.24) is 4.90 Å². The lowest BCUT2D eigenvalue weighted by molar-refractivity contribution is -0.127. The highest BCUT2D eigenvalue weighted by atomic mass is 79.9. The van der Waals surface area contributed by atoms with Gasteiger partial charge in [-0.15, -0.1) is 0 Å². The van der Waals surface area contributed by atoms with Crippen LogP contribution >= 0.6 is 15.9 Å². The summed E-state index contributed by atoms with van der Waals surface area (Å²) in [7, 11) is 0. The van der Waals surface area contributed by atoms with E-state index < -0.39 is 0 Å². The van der Waals surface area contributed by atoms with Gasteiger partial charge in [-0.05, 0) is 49.9 Å². The lowest BCUT2D eigenvalue weighted by Gasteiger charge is -2.41. The molecule has 21 heavy (non-hydrogen) atoms. The lowest BCUT2D eigenvalue weighted by atomic mass is 9.79. The molecule has 1 aliphatic heterocycles. The van der Waals surface area contributed by atoms with Crippen LogP contribution in [0.4, 0.5) is 0 Å². The van der Waals surface area contributed by atoms with Crippen LogP contribution in [0.2, 0.25) is 0 Å². The zero-order valence-electron chi connectivity index (χ0n) is 12.6. The highest BCUT2D eigenvalue weighted by molar-refractivity contribution is 9.10. The SMILES string of the molecule is O=C1CCCCC1C1CCCCN1Cc1ccc(Br)cc1. The van der Waals surface area contributed by atoms with Gasteiger partial charge in [-0.25, -0.2) is 0 Å². The van der Waals surface area contributed by atoms with Gasteiger partial charge in [-0.2, -0.15) is 0 Å². The van der Waals surface area contributed by atoms with Crippen LogP contribution < -0.4 is 0 Å². The first-order valence-electron chi connectivity index (χ1n) is 8.25. The third-order valence-electron chi connectivity index (χ3n) is 5.03. The number of hydrogen-bond donors (Lipinski definition) is 0. The molecular weight excluding hydrogens is 326 g/mol. The summed E-state index contributed by atoms with van der Waals surface area (Å²) in [5.41, 5.74) is 1.35. The standard InChI is InChI=1S/C18H24BrNO/c19-15-10-8-14(9-11-15)13-20-12-4-3-6-17(20)16-5-1-2-7-18(16)21/h8-11,16-17H,1-7,12-13H2. The molecule has 2 fully saturated rings. The Morgan fingerprint density at radius 1 is 1.05 bits per heavy atom. The molecule has 0 bridgehead atoms. The van der Waals surface area contributed by atoms with Crippen molar-refractivity contribution in [3.05, 3.63) is 34.3 Å². The molecule has 0 amide bonds. The van der Waals surface area contributed by atoms with Crippen LogP contribution in [-0.2, 0) is 11.3 Å². The summed E-state index contributed by atoms with van der Waals surface area (Å²) in [5.74, 6) is 0.823. The van der Waals surface area contributed by atoms with E-state index in [9.17, 15) is 4.79 Å². The van der Waals surface area contributed by atoms with Gasteiger partial charge in [0.05, 0.1) is 0 Å². The Hall–Kier alpha value is -0.670. The van der Waals surface area contributed by atoms with Crippen LogP contribution in [0.1, 0.15) is 50.5 Å². The molecule has 1 saturated heterocycles. The maximum atomic E-state index is 12.3. The van der Waals surface area contributed by atoms with Gasteiger partial charge in [0.15, 0.2) is 0 Å². The molecule has 2 aliphatic rings. The molecule has 0 spiro atoms. The highest BCUT2D eigenvalue weighted by Crippen LogP contribution is 2.32. The number of halogens is 1. The Morgan fingerprint density at radius 2 is 1.81 bits per heavy atom. The van der Waals surface area contributed by atoms with Gasteiger partial charge in [0.1, 0.15) is 5.78 Å². The molecule has 2 nitrogen and oxygen atoms in total. The van der Waals surface area contributed by atoms with Crippen LogP contribution in [0.15, 0.2) is 28.7 Å². The van der Waals surface area contributed by atoms with E-state index >= 15 is 0 Å². The van der Waals surface area contributed by atoms with Crippen LogP contribution in [0, 0.1) is 5.92 Å². The maximum Gasteiger partial charge on any atom is 0.137 e. The molecular formula is C18H24BrNO. The molecule has 1 aliphatic carbocycles. The van der Waals surface area contributed by atoms with Gasteiger partial charge >= 0.3 is 0 Å². The first kappa shape index (κ1) is 15.2. The van der Waals surface area contributed by atoms with Crippen molar-refractivity contribution in [2.75, 3.05) is 6.54 Å². The molecule has 114 valence electrons. The van der Waals surface area contributed by atoms with E-state index in [1.807, 2.05) is 0 Å². The van der Waals surface area contributed by atoms with Crippen molar-refractivity contribution in [1.29, 1.82) is 0 Å². The molecule has 1 saturated carbocycles. The number of carbonyl (C=O) groups excluding carboxylic acids is 1. The van der Waals surface area contributed by atoms with E-state index in [-0.39, 0.29) is 0 Å². The second-order valence-corrected chi connectivity index (χ2v) is 7.39. The number of carbonyl (C=O) groups is 1. The second-order valence-electron chi connectivity index (χ2n) is 6.48. The number of ketones is 1. The lowest BCUT2D eigenvalue weighted by Crippen LogP contribution is -2.46. The fourth-order valence-electron chi connectivity index (χ4n) is 3.91. The van der Waals surface area contributed by atoms with E-state index in [1.165, 1.54) is 31.2 Å². The topological polar surface area (TPSA) is 20.3 Å². The van der Waals surface area contributed by atoms with Crippen molar-refractivity contribution in [2.45, 2.75) is 57.5 Å². The number of nitrogens with zero attached hydrogens (tertiary/aromatic N) is 1. The molecule has 1 aromatic rings. The largest absolute Gasteiger partial charge is 0.299 e. The van der Waals surface area contributed by atoms with E-state index in [0.29, 0.717) is 17.7 Å². The van der Waals surface area contributed by atoms with Gasteiger partial charge < -0.3 is 0 Å². The second kappa shape index (κ2) is 7.06. The number of rotatable bonds is 3. The Morgan fingerprint density at radius 3 is 2.57 bits per heavy atom. The number of Topliss-reactive ketones (excluding diaryl/α,β-unsaturated/α-hetero) is 1. The van der Waals surface area contributed by atoms with Crippen molar-refractivity contribution < 1.29 is 4.79 Å². The molecule has 3 heteroatoms. The normalized spacial score (nSPS) is 27.8. The van der Waals surface area contributed by atoms with Crippen LogP contribution in [-0.4, -0.2) is 23.3 Å². The van der Waals surface area contributed by atoms with Gasteiger partial charge in [0.25, 0.3) is 0 Å². The monoisotopic (exact) mass is 349 g/mol. The van der Waals surface area contributed by atoms with Crippen LogP contribution in [0.3, 0.4) is 0 Å². The zero-order chi connectivity index (χ0) is 14.7. The molecule has 1 heterocycles. The molecule has 2 atom stereocenters. The fourth-order valence-corrected chi connectivity index (χ4v) is 4.17. The summed E-state index contributed by atoms with van der Waals surface area (Å²) in [5, 5.41) is 0. The van der Waals surface area contributed by atoms with Gasteiger partial charge in [0, 0.05) is 29.4 Å². The first-order valence-corrected chi connectivity index (χ1v) is 9.04. The number of likely N-dealkylation sites (tertiary alicyclic amines) is 1. The molecule has 1 aromatic carbocycles. The summed E-state index contributed by atoms with van der Waals surface area (Å²) in [6.07, 6.45) is 8.02. The van der Waals surface area contributed by atoms with Crippen LogP contribution in [0.5, 0.6) is 0 Å². The number of piperidine rings is 1. The average molecular weight is 350 g/mol. The van der Waals surface area contributed by atoms with Crippen LogP contribution in [0.25, 0.3) is 0 Å². The van der Waals surface area contributed by atoms with Gasteiger partial charge in [-0.1, -0.05) is 40.9 Å². The molecule has 3 rings (SSSR count). The minimum atomic E-state index is 0.300. The third kappa shape index (κ3) is 3.75. The molecule has 0 aromatic heterocycles. The van der Waals surface area contributed by atoms with Crippen molar-refractivity contribution >= 4 is 21.7 Å². The summed E-state index contributed by atoms with van der Waals surface area (Å²) in [6, 6.07) is 9.09. The average Bonchev–Trinajstić information content (AvgIpc) is 2.51.